The van der Waals surface area contributed by atoms with E-state index in [0.29, 0.717) is 20.1 Å². The Bertz CT molecular complexity index is 388. The zero-order chi connectivity index (χ0) is 10.9. The highest BCUT2D eigenvalue weighted by Crippen LogP contribution is 2.27. The number of carbonyl (C=O) groups is 2. The topological polar surface area (TPSA) is 34.1 Å². The summed E-state index contributed by atoms with van der Waals surface area (Å²) in [4.78, 5) is 22.3. The van der Waals surface area contributed by atoms with Gasteiger partial charge in [0.05, 0.1) is 0 Å². The maximum atomic E-state index is 11.2. The summed E-state index contributed by atoms with van der Waals surface area (Å²) in [7, 11) is 0. The van der Waals surface area contributed by atoms with Crippen LogP contribution >= 0.6 is 31.9 Å². The molecule has 0 bridgehead atoms. The summed E-state index contributed by atoms with van der Waals surface area (Å²) in [5.41, 5.74) is 1.14. The quantitative estimate of drug-likeness (QED) is 0.780. The van der Waals surface area contributed by atoms with Gasteiger partial charge in [0.2, 0.25) is 0 Å². The van der Waals surface area contributed by atoms with Crippen molar-refractivity contribution in [1.82, 2.24) is 0 Å². The highest BCUT2D eigenvalue weighted by Gasteiger charge is 2.12. The van der Waals surface area contributed by atoms with Gasteiger partial charge in [-0.2, -0.15) is 0 Å². The van der Waals surface area contributed by atoms with Gasteiger partial charge in [-0.3, -0.25) is 9.59 Å². The molecule has 0 fully saturated rings. The van der Waals surface area contributed by atoms with Crippen LogP contribution in [-0.2, 0) is 0 Å². The Hall–Kier alpha value is -0.480. The molecule has 0 unspecified atom stereocenters. The zero-order valence-corrected chi connectivity index (χ0v) is 10.9. The molecule has 0 aromatic heterocycles. The van der Waals surface area contributed by atoms with Crippen molar-refractivity contribution in [2.24, 2.45) is 0 Å². The van der Waals surface area contributed by atoms with E-state index >= 15 is 0 Å². The van der Waals surface area contributed by atoms with Gasteiger partial charge in [0, 0.05) is 20.1 Å². The van der Waals surface area contributed by atoms with Gasteiger partial charge in [0.1, 0.15) is 0 Å². The zero-order valence-electron chi connectivity index (χ0n) is 7.73. The molecule has 0 amide bonds. The van der Waals surface area contributed by atoms with Gasteiger partial charge in [0.15, 0.2) is 11.6 Å². The number of Topliss-reactive ketones (excluding diaryl/α,β-unsaturated/α-hetero) is 2. The summed E-state index contributed by atoms with van der Waals surface area (Å²) in [6, 6.07) is 3.31. The molecule has 0 aliphatic heterocycles. The minimum absolute atomic E-state index is 0.0264. The first kappa shape index (κ1) is 11.6. The van der Waals surface area contributed by atoms with E-state index in [2.05, 4.69) is 31.9 Å². The van der Waals surface area contributed by atoms with Crippen molar-refractivity contribution >= 4 is 43.4 Å². The van der Waals surface area contributed by atoms with Crippen LogP contribution < -0.4 is 0 Å². The number of benzene rings is 1. The summed E-state index contributed by atoms with van der Waals surface area (Å²) >= 11 is 6.53. The second-order valence-electron chi connectivity index (χ2n) is 2.93. The lowest BCUT2D eigenvalue weighted by Crippen LogP contribution is -1.99. The summed E-state index contributed by atoms with van der Waals surface area (Å²) in [5, 5.41) is 0. The van der Waals surface area contributed by atoms with Crippen molar-refractivity contribution in [2.75, 3.05) is 0 Å². The fraction of sp³-hybridized carbons (Fsp3) is 0.200. The molecular formula is C10H8Br2O2. The van der Waals surface area contributed by atoms with Crippen molar-refractivity contribution in [2.45, 2.75) is 13.8 Å². The van der Waals surface area contributed by atoms with Crippen molar-refractivity contribution in [3.05, 3.63) is 32.2 Å². The summed E-state index contributed by atoms with van der Waals surface area (Å²) in [6.07, 6.45) is 0. The molecule has 0 N–H and O–H groups in total. The predicted octanol–water partition coefficient (Wildman–Crippen LogP) is 3.62. The lowest BCUT2D eigenvalue weighted by molar-refractivity contribution is 0.1000. The summed E-state index contributed by atoms with van der Waals surface area (Å²) in [6.45, 7) is 2.97. The molecule has 1 aromatic rings. The second-order valence-corrected chi connectivity index (χ2v) is 4.64. The van der Waals surface area contributed by atoms with E-state index in [0.717, 1.165) is 0 Å². The third kappa shape index (κ3) is 2.30. The Labute approximate surface area is 98.9 Å². The molecule has 1 rings (SSSR count). The normalized spacial score (nSPS) is 10.0. The van der Waals surface area contributed by atoms with Crippen molar-refractivity contribution in [1.29, 1.82) is 0 Å². The highest BCUT2D eigenvalue weighted by molar-refractivity contribution is 9.11. The first-order chi connectivity index (χ1) is 6.43. The van der Waals surface area contributed by atoms with Gasteiger partial charge in [-0.25, -0.2) is 0 Å². The van der Waals surface area contributed by atoms with E-state index in [1.807, 2.05) is 0 Å². The third-order valence-corrected chi connectivity index (χ3v) is 3.05. The molecular weight excluding hydrogens is 312 g/mol. The number of halogens is 2. The molecule has 74 valence electrons. The van der Waals surface area contributed by atoms with Crippen LogP contribution in [0.15, 0.2) is 21.1 Å². The van der Waals surface area contributed by atoms with Gasteiger partial charge < -0.3 is 0 Å². The number of rotatable bonds is 2. The molecule has 4 heteroatoms. The minimum Gasteiger partial charge on any atom is -0.295 e. The van der Waals surface area contributed by atoms with E-state index in [9.17, 15) is 9.59 Å². The Kier molecular flexibility index (Phi) is 3.61. The molecule has 14 heavy (non-hydrogen) atoms. The van der Waals surface area contributed by atoms with Crippen LogP contribution in [0.1, 0.15) is 34.6 Å². The van der Waals surface area contributed by atoms with E-state index in [-0.39, 0.29) is 11.6 Å². The molecule has 0 atom stereocenters. The highest BCUT2D eigenvalue weighted by atomic mass is 79.9. The van der Waals surface area contributed by atoms with E-state index in [1.165, 1.54) is 13.8 Å². The van der Waals surface area contributed by atoms with Crippen molar-refractivity contribution < 1.29 is 9.59 Å². The lowest BCUT2D eigenvalue weighted by Gasteiger charge is -2.05. The Balaban J connectivity index is 3.39. The van der Waals surface area contributed by atoms with Gasteiger partial charge in [-0.15, -0.1) is 0 Å². The van der Waals surface area contributed by atoms with Crippen LogP contribution in [0.25, 0.3) is 0 Å². The molecule has 0 saturated heterocycles. The molecule has 0 saturated carbocycles. The number of carbonyl (C=O) groups excluding carboxylic acids is 2. The van der Waals surface area contributed by atoms with E-state index < -0.39 is 0 Å². The van der Waals surface area contributed by atoms with Gasteiger partial charge in [-0.1, -0.05) is 0 Å². The molecule has 0 spiro atoms. The fourth-order valence-electron chi connectivity index (χ4n) is 1.11. The maximum absolute atomic E-state index is 11.2. The summed E-state index contributed by atoms with van der Waals surface area (Å²) < 4.78 is 1.29. The minimum atomic E-state index is -0.0427. The smallest absolute Gasteiger partial charge is 0.162 e. The number of hydrogen-bond donors (Lipinski definition) is 0. The molecule has 0 aliphatic rings. The van der Waals surface area contributed by atoms with E-state index in [1.54, 1.807) is 12.1 Å². The first-order valence-corrected chi connectivity index (χ1v) is 5.53. The number of ketones is 2. The SMILES string of the molecule is CC(=O)c1cc(Br)c(C(C)=O)c(Br)c1. The first-order valence-electron chi connectivity index (χ1n) is 3.94. The second kappa shape index (κ2) is 4.36. The van der Waals surface area contributed by atoms with Crippen LogP contribution in [0, 0.1) is 0 Å². The van der Waals surface area contributed by atoms with E-state index in [4.69, 9.17) is 0 Å². The maximum Gasteiger partial charge on any atom is 0.162 e. The van der Waals surface area contributed by atoms with Crippen LogP contribution in [-0.4, -0.2) is 11.6 Å². The molecule has 0 radical (unpaired) electrons. The molecule has 1 aromatic carbocycles. The standard InChI is InChI=1S/C10H8Br2O2/c1-5(13)7-3-8(11)10(6(2)14)9(12)4-7/h3-4H,1-2H3. The third-order valence-electron chi connectivity index (χ3n) is 1.80. The van der Waals surface area contributed by atoms with Crippen LogP contribution in [0.2, 0.25) is 0 Å². The van der Waals surface area contributed by atoms with Gasteiger partial charge in [-0.05, 0) is 57.8 Å². The Morgan fingerprint density at radius 1 is 1.00 bits per heavy atom. The number of hydrogen-bond acceptors (Lipinski definition) is 2. The van der Waals surface area contributed by atoms with Gasteiger partial charge >= 0.3 is 0 Å². The Morgan fingerprint density at radius 2 is 1.43 bits per heavy atom. The van der Waals surface area contributed by atoms with Crippen molar-refractivity contribution in [3.63, 3.8) is 0 Å². The predicted molar refractivity (Wildman–Crippen MR) is 61.9 cm³/mol. The van der Waals surface area contributed by atoms with Gasteiger partial charge in [0.25, 0.3) is 0 Å². The summed E-state index contributed by atoms with van der Waals surface area (Å²) in [5.74, 6) is -0.0691. The molecule has 2 nitrogen and oxygen atoms in total. The van der Waals surface area contributed by atoms with Crippen LogP contribution in [0.3, 0.4) is 0 Å². The van der Waals surface area contributed by atoms with Crippen LogP contribution in [0.4, 0.5) is 0 Å². The fourth-order valence-corrected chi connectivity index (χ4v) is 2.86. The monoisotopic (exact) mass is 318 g/mol. The Morgan fingerprint density at radius 3 is 1.71 bits per heavy atom. The average molecular weight is 320 g/mol. The van der Waals surface area contributed by atoms with Crippen LogP contribution in [0.5, 0.6) is 0 Å². The molecule has 0 heterocycles. The molecule has 0 aliphatic carbocycles. The average Bonchev–Trinajstić information content (AvgIpc) is 2.01. The van der Waals surface area contributed by atoms with Crippen molar-refractivity contribution in [3.8, 4) is 0 Å². The largest absolute Gasteiger partial charge is 0.295 e. The lowest BCUT2D eigenvalue weighted by atomic mass is 10.1.